The van der Waals surface area contributed by atoms with E-state index in [4.69, 9.17) is 9.72 Å². The number of hydrogen-bond acceptors (Lipinski definition) is 12. The van der Waals surface area contributed by atoms with Crippen LogP contribution in [-0.2, 0) is 21.4 Å². The van der Waals surface area contributed by atoms with Crippen molar-refractivity contribution in [1.29, 1.82) is 0 Å². The number of nitrogens with one attached hydrogen (secondary N) is 2. The zero-order valence-corrected chi connectivity index (χ0v) is 37.1. The van der Waals surface area contributed by atoms with Crippen molar-refractivity contribution in [1.82, 2.24) is 48.6 Å². The summed E-state index contributed by atoms with van der Waals surface area (Å²) in [4.78, 5) is 64.3. The maximum Gasteiger partial charge on any atom is 0.329 e. The van der Waals surface area contributed by atoms with Crippen molar-refractivity contribution in [2.45, 2.75) is 94.0 Å². The average Bonchev–Trinajstić information content (AvgIpc) is 4.17. The van der Waals surface area contributed by atoms with Gasteiger partial charge < -0.3 is 19.9 Å². The molecule has 4 aromatic heterocycles. The number of halogens is 4. The van der Waals surface area contributed by atoms with Gasteiger partial charge in [-0.05, 0) is 69.1 Å². The fraction of sp³-hybridized carbons (Fsp3) is 0.578. The SMILES string of the molecule is Cn1c(=O)n(C2CCC(=O)NC2=O)c2cccc(N3CCN([C@H]4CCN(C[C@H]5CC[C@H](n6cc(NC(=O)c7cnn8ccc(N9C[C@H]%10C[C@@H]9CO%10)nc78)c(C(F)F)n6)CC5)CC4(F)F)CC3)c21. The third-order valence-corrected chi connectivity index (χ3v) is 15.1. The Kier molecular flexibility index (Phi) is 11.1. The minimum Gasteiger partial charge on any atom is -0.374 e. The molecule has 1 saturated carbocycles. The van der Waals surface area contributed by atoms with Crippen LogP contribution in [0.5, 0.6) is 0 Å². The van der Waals surface area contributed by atoms with Crippen molar-refractivity contribution >= 4 is 51.6 Å². The van der Waals surface area contributed by atoms with E-state index in [0.717, 1.165) is 24.9 Å². The van der Waals surface area contributed by atoms with Crippen molar-refractivity contribution in [2.24, 2.45) is 13.0 Å². The predicted octanol–water partition coefficient (Wildman–Crippen LogP) is 3.99. The maximum absolute atomic E-state index is 16.1. The number of aromatic nitrogens is 7. The minimum absolute atomic E-state index is 0.0795. The van der Waals surface area contributed by atoms with Crippen LogP contribution in [0.3, 0.4) is 0 Å². The van der Waals surface area contributed by atoms with Gasteiger partial charge in [-0.2, -0.15) is 10.2 Å². The topological polar surface area (TPSA) is 172 Å². The van der Waals surface area contributed by atoms with E-state index in [1.165, 1.54) is 30.7 Å². The number of piperazine rings is 1. The van der Waals surface area contributed by atoms with Crippen LogP contribution in [0.2, 0.25) is 0 Å². The molecule has 4 atom stereocenters. The molecule has 5 aromatic rings. The number of anilines is 3. The van der Waals surface area contributed by atoms with Crippen LogP contribution < -0.4 is 26.1 Å². The summed E-state index contributed by atoms with van der Waals surface area (Å²) >= 11 is 0. The molecule has 0 radical (unpaired) electrons. The van der Waals surface area contributed by atoms with Gasteiger partial charge in [0, 0.05) is 71.7 Å². The van der Waals surface area contributed by atoms with E-state index >= 15 is 8.78 Å². The molecule has 5 saturated heterocycles. The lowest BCUT2D eigenvalue weighted by molar-refractivity contribution is -0.135. The van der Waals surface area contributed by atoms with E-state index < -0.39 is 41.9 Å². The van der Waals surface area contributed by atoms with Gasteiger partial charge in [0.1, 0.15) is 17.4 Å². The van der Waals surface area contributed by atoms with Gasteiger partial charge in [-0.25, -0.2) is 31.9 Å². The van der Waals surface area contributed by atoms with Crippen molar-refractivity contribution < 1.29 is 36.7 Å². The number of carbonyl (C=O) groups excluding carboxylic acids is 3. The predicted molar refractivity (Wildman–Crippen MR) is 237 cm³/mol. The summed E-state index contributed by atoms with van der Waals surface area (Å²) in [5, 5.41) is 13.5. The number of morpholine rings is 1. The maximum atomic E-state index is 16.1. The Bertz CT molecular complexity index is 2790. The summed E-state index contributed by atoms with van der Waals surface area (Å²) in [5.74, 6) is -3.56. The van der Waals surface area contributed by atoms with Gasteiger partial charge in [-0.1, -0.05) is 6.07 Å². The van der Waals surface area contributed by atoms with E-state index in [9.17, 15) is 28.0 Å². The van der Waals surface area contributed by atoms with Crippen LogP contribution in [-0.4, -0.2) is 144 Å². The van der Waals surface area contributed by atoms with E-state index in [2.05, 4.69) is 30.6 Å². The lowest BCUT2D eigenvalue weighted by atomic mass is 9.85. The number of ether oxygens (including phenoxy) is 1. The van der Waals surface area contributed by atoms with Gasteiger partial charge >= 0.3 is 5.69 Å². The molecular formula is C45H53F4N13O5. The number of hydrogen-bond donors (Lipinski definition) is 2. The molecular weight excluding hydrogens is 879 g/mol. The molecule has 1 unspecified atom stereocenters. The molecule has 2 bridgehead atoms. The lowest BCUT2D eigenvalue weighted by Gasteiger charge is -2.47. The molecule has 18 nitrogen and oxygen atoms in total. The number of rotatable bonds is 10. The molecule has 22 heteroatoms. The lowest BCUT2D eigenvalue weighted by Crippen LogP contribution is -2.62. The smallest absolute Gasteiger partial charge is 0.329 e. The highest BCUT2D eigenvalue weighted by Gasteiger charge is 2.48. The largest absolute Gasteiger partial charge is 0.374 e. The van der Waals surface area contributed by atoms with Gasteiger partial charge in [0.2, 0.25) is 11.8 Å². The molecule has 11 rings (SSSR count). The van der Waals surface area contributed by atoms with Crippen LogP contribution in [0.15, 0.2) is 47.7 Å². The standard InChI is InChI=1S/C45H53F4N13O5/c1-55-39-32(3-2-4-33(39)62(44(55)66)34-9-10-37(63)53-43(34)65)57-15-17-58(18-16-57)35-11-13-56(25-45(35,48)49)21-26-5-7-27(8-6-26)61-23-31(38(54-61)40(46)47)51-42(64)30-20-50-60-14-12-36(52-41(30)60)59-22-29-19-28(59)24-67-29/h2-4,12,14,20,23,26-29,34-35,40H,5-11,13,15-19,21-22,24-25H2,1H3,(H,51,64)(H,53,63,65)/t26-,27-,28-,29-,34?,35+/m1/s1. The Hall–Kier alpha value is -5.87. The molecule has 3 amide bonds. The number of para-hydroxylation sites is 1. The summed E-state index contributed by atoms with van der Waals surface area (Å²) in [7, 11) is 1.66. The highest BCUT2D eigenvalue weighted by Crippen LogP contribution is 2.39. The van der Waals surface area contributed by atoms with E-state index in [0.29, 0.717) is 94.2 Å². The molecule has 6 aliphatic rings. The number of nitrogens with zero attached hydrogens (tertiary/aromatic N) is 11. The highest BCUT2D eigenvalue weighted by molar-refractivity contribution is 6.08. The molecule has 1 aromatic carbocycles. The van der Waals surface area contributed by atoms with Crippen molar-refractivity contribution in [2.75, 3.05) is 74.1 Å². The summed E-state index contributed by atoms with van der Waals surface area (Å²) in [6.07, 6.45) is 6.10. The van der Waals surface area contributed by atoms with Crippen LogP contribution in [0.1, 0.15) is 85.9 Å². The number of alkyl halides is 4. The number of carbonyl (C=O) groups is 3. The summed E-state index contributed by atoms with van der Waals surface area (Å²) < 4.78 is 72.5. The average molecular weight is 932 g/mol. The molecule has 0 spiro atoms. The Morgan fingerprint density at radius 1 is 1.00 bits per heavy atom. The van der Waals surface area contributed by atoms with E-state index in [1.807, 2.05) is 28.0 Å². The molecule has 67 heavy (non-hydrogen) atoms. The van der Waals surface area contributed by atoms with Crippen LogP contribution in [0.25, 0.3) is 16.7 Å². The first-order valence-corrected chi connectivity index (χ1v) is 23.3. The minimum atomic E-state index is -2.94. The zero-order chi connectivity index (χ0) is 46.3. The van der Waals surface area contributed by atoms with Crippen LogP contribution in [0.4, 0.5) is 34.8 Å². The Balaban J connectivity index is 0.684. The van der Waals surface area contributed by atoms with E-state index in [1.54, 1.807) is 19.3 Å². The van der Waals surface area contributed by atoms with Gasteiger partial charge in [0.15, 0.2) is 11.3 Å². The molecule has 5 aliphatic heterocycles. The van der Waals surface area contributed by atoms with Gasteiger partial charge in [-0.15, -0.1) is 0 Å². The van der Waals surface area contributed by atoms with Crippen molar-refractivity contribution in [3.8, 4) is 0 Å². The van der Waals surface area contributed by atoms with Crippen molar-refractivity contribution in [3.63, 3.8) is 0 Å². The molecule has 9 heterocycles. The third-order valence-electron chi connectivity index (χ3n) is 15.1. The summed E-state index contributed by atoms with van der Waals surface area (Å²) in [6, 6.07) is 5.68. The van der Waals surface area contributed by atoms with E-state index in [-0.39, 0.29) is 66.3 Å². The van der Waals surface area contributed by atoms with Gasteiger partial charge in [0.05, 0.1) is 66.0 Å². The molecule has 1 aliphatic carbocycles. The van der Waals surface area contributed by atoms with Crippen LogP contribution >= 0.6 is 0 Å². The first-order valence-electron chi connectivity index (χ1n) is 23.3. The normalized spacial score (nSPS) is 27.2. The molecule has 2 N–H and O–H groups in total. The summed E-state index contributed by atoms with van der Waals surface area (Å²) in [5.41, 5.74) is 1.53. The third kappa shape index (κ3) is 7.92. The molecule has 6 fully saturated rings. The zero-order valence-electron chi connectivity index (χ0n) is 37.1. The second-order valence-electron chi connectivity index (χ2n) is 19.1. The Morgan fingerprint density at radius 2 is 1.81 bits per heavy atom. The number of imide groups is 1. The number of imidazole rings is 1. The fourth-order valence-corrected chi connectivity index (χ4v) is 11.6. The van der Waals surface area contributed by atoms with Gasteiger partial charge in [0.25, 0.3) is 18.3 Å². The fourth-order valence-electron chi connectivity index (χ4n) is 11.6. The second-order valence-corrected chi connectivity index (χ2v) is 19.1. The number of fused-ring (bicyclic) bond motifs is 4. The molecule has 356 valence electrons. The number of benzene rings is 1. The van der Waals surface area contributed by atoms with Crippen molar-refractivity contribution in [3.05, 3.63) is 64.6 Å². The van der Waals surface area contributed by atoms with Crippen LogP contribution in [0, 0.1) is 5.92 Å². The summed E-state index contributed by atoms with van der Waals surface area (Å²) in [6.45, 7) is 3.85. The second kappa shape index (κ2) is 17.0. The Labute approximate surface area is 381 Å². The Morgan fingerprint density at radius 3 is 2.52 bits per heavy atom. The number of aryl methyl sites for hydroxylation is 1. The first kappa shape index (κ1) is 43.7. The highest BCUT2D eigenvalue weighted by atomic mass is 19.3. The number of amides is 3. The first-order chi connectivity index (χ1) is 32.3. The monoisotopic (exact) mass is 931 g/mol. The quantitative estimate of drug-likeness (QED) is 0.153. The van der Waals surface area contributed by atoms with Gasteiger partial charge in [-0.3, -0.25) is 43.3 Å². The number of piperidine rings is 2. The number of likely N-dealkylation sites (tertiary alicyclic amines) is 1.